The van der Waals surface area contributed by atoms with Gasteiger partial charge in [-0.3, -0.25) is 9.59 Å². The summed E-state index contributed by atoms with van der Waals surface area (Å²) in [4.78, 5) is 28.9. The summed E-state index contributed by atoms with van der Waals surface area (Å²) in [6.07, 6.45) is 10.4. The van der Waals surface area contributed by atoms with Crippen molar-refractivity contribution in [1.82, 2.24) is 15.6 Å². The van der Waals surface area contributed by atoms with Gasteiger partial charge in [-0.15, -0.1) is 12.8 Å². The molecule has 3 rings (SSSR count). The number of rotatable bonds is 5. The monoisotopic (exact) mass is 361 g/mol. The number of fused-ring (bicyclic) bond motifs is 1. The zero-order valence-electron chi connectivity index (χ0n) is 14.6. The number of Topliss-reactive ketones (excluding diaryl/α,β-unsaturated/α-hetero) is 2. The van der Waals surface area contributed by atoms with Crippen LogP contribution in [0, 0.1) is 31.6 Å². The SMILES string of the molecule is C#CCNC1=C(F)C(=O)C(NCC#C)=C(c2c(C)[nH]c3ccccc23)C1=O. The predicted octanol–water partition coefficient (Wildman–Crippen LogP) is 1.97. The Kier molecular flexibility index (Phi) is 4.83. The van der Waals surface area contributed by atoms with Gasteiger partial charge in [0.15, 0.2) is 5.83 Å². The van der Waals surface area contributed by atoms with Gasteiger partial charge in [0.2, 0.25) is 11.6 Å². The smallest absolute Gasteiger partial charge is 0.240 e. The molecular formula is C21H16FN3O2. The molecule has 0 bridgehead atoms. The van der Waals surface area contributed by atoms with Crippen LogP contribution in [-0.4, -0.2) is 29.6 Å². The molecule has 0 fully saturated rings. The molecule has 1 heterocycles. The fourth-order valence-corrected chi connectivity index (χ4v) is 3.12. The van der Waals surface area contributed by atoms with Gasteiger partial charge in [0.05, 0.1) is 24.4 Å². The summed E-state index contributed by atoms with van der Waals surface area (Å²) < 4.78 is 14.6. The van der Waals surface area contributed by atoms with Gasteiger partial charge >= 0.3 is 0 Å². The lowest BCUT2D eigenvalue weighted by atomic mass is 9.89. The van der Waals surface area contributed by atoms with Gasteiger partial charge in [-0.05, 0) is 13.0 Å². The number of halogens is 1. The molecule has 0 unspecified atom stereocenters. The maximum atomic E-state index is 14.6. The molecule has 0 saturated carbocycles. The number of benzene rings is 1. The van der Waals surface area contributed by atoms with E-state index in [1.54, 1.807) is 6.92 Å². The number of H-pyrrole nitrogens is 1. The highest BCUT2D eigenvalue weighted by atomic mass is 19.1. The number of hydrogen-bond acceptors (Lipinski definition) is 4. The van der Waals surface area contributed by atoms with Crippen molar-refractivity contribution in [1.29, 1.82) is 0 Å². The minimum absolute atomic E-state index is 0.0281. The number of allylic oxidation sites excluding steroid dienone is 2. The van der Waals surface area contributed by atoms with Crippen molar-refractivity contribution in [3.8, 4) is 24.7 Å². The Bertz CT molecular complexity index is 1110. The number of ketones is 2. The van der Waals surface area contributed by atoms with Crippen LogP contribution in [0.3, 0.4) is 0 Å². The van der Waals surface area contributed by atoms with Gasteiger partial charge in [-0.25, -0.2) is 4.39 Å². The first kappa shape index (κ1) is 18.0. The van der Waals surface area contributed by atoms with E-state index in [9.17, 15) is 14.0 Å². The topological polar surface area (TPSA) is 74.0 Å². The van der Waals surface area contributed by atoms with Crippen LogP contribution in [0.4, 0.5) is 4.39 Å². The molecule has 134 valence electrons. The van der Waals surface area contributed by atoms with Crippen LogP contribution in [0.1, 0.15) is 11.3 Å². The first-order chi connectivity index (χ1) is 13.0. The van der Waals surface area contributed by atoms with Crippen LogP contribution < -0.4 is 10.6 Å². The third-order valence-electron chi connectivity index (χ3n) is 4.23. The number of terminal acetylenes is 2. The van der Waals surface area contributed by atoms with Gasteiger partial charge in [-0.2, -0.15) is 0 Å². The highest BCUT2D eigenvalue weighted by molar-refractivity contribution is 6.40. The lowest BCUT2D eigenvalue weighted by Crippen LogP contribution is -2.35. The minimum Gasteiger partial charge on any atom is -0.370 e. The summed E-state index contributed by atoms with van der Waals surface area (Å²) in [5, 5.41) is 5.97. The molecule has 5 nitrogen and oxygen atoms in total. The molecule has 1 aromatic carbocycles. The molecule has 0 amide bonds. The van der Waals surface area contributed by atoms with E-state index >= 15 is 0 Å². The molecule has 0 saturated heterocycles. The van der Waals surface area contributed by atoms with Gasteiger partial charge in [0.1, 0.15) is 5.70 Å². The summed E-state index contributed by atoms with van der Waals surface area (Å²) in [5.41, 5.74) is 1.45. The first-order valence-corrected chi connectivity index (χ1v) is 8.17. The first-order valence-electron chi connectivity index (χ1n) is 8.17. The molecule has 6 heteroatoms. The van der Waals surface area contributed by atoms with Crippen LogP contribution in [-0.2, 0) is 9.59 Å². The van der Waals surface area contributed by atoms with E-state index in [-0.39, 0.29) is 24.4 Å². The number of aromatic nitrogens is 1. The number of carbonyl (C=O) groups excluding carboxylic acids is 2. The van der Waals surface area contributed by atoms with Crippen molar-refractivity contribution in [2.75, 3.05) is 13.1 Å². The van der Waals surface area contributed by atoms with E-state index in [1.807, 2.05) is 24.3 Å². The maximum Gasteiger partial charge on any atom is 0.240 e. The number of para-hydroxylation sites is 1. The highest BCUT2D eigenvalue weighted by Gasteiger charge is 2.37. The largest absolute Gasteiger partial charge is 0.370 e. The zero-order valence-corrected chi connectivity index (χ0v) is 14.6. The fraction of sp³-hybridized carbons (Fsp3) is 0.143. The molecule has 1 aromatic heterocycles. The van der Waals surface area contributed by atoms with Crippen molar-refractivity contribution in [2.45, 2.75) is 6.92 Å². The second-order valence-corrected chi connectivity index (χ2v) is 5.88. The van der Waals surface area contributed by atoms with Gasteiger partial charge in [0, 0.05) is 22.2 Å². The molecule has 27 heavy (non-hydrogen) atoms. The molecular weight excluding hydrogens is 345 g/mol. The Labute approximate surface area is 155 Å². The van der Waals surface area contributed by atoms with Crippen LogP contribution in [0.2, 0.25) is 0 Å². The van der Waals surface area contributed by atoms with E-state index in [0.717, 1.165) is 10.9 Å². The molecule has 0 radical (unpaired) electrons. The van der Waals surface area contributed by atoms with Crippen molar-refractivity contribution in [2.24, 2.45) is 0 Å². The van der Waals surface area contributed by atoms with E-state index in [4.69, 9.17) is 12.8 Å². The quantitative estimate of drug-likeness (QED) is 0.562. The molecule has 0 aliphatic heterocycles. The number of aromatic amines is 1. The summed E-state index contributed by atoms with van der Waals surface area (Å²) in [6, 6.07) is 7.34. The van der Waals surface area contributed by atoms with Crippen molar-refractivity contribution < 1.29 is 14.0 Å². The third kappa shape index (κ3) is 2.98. The average Bonchev–Trinajstić information content (AvgIpc) is 2.99. The number of nitrogens with one attached hydrogen (secondary N) is 3. The standard InChI is InChI=1S/C21H16FN3O2/c1-4-10-23-18-16(15-12(3)25-14-9-7-6-8-13(14)15)20(26)19(24-11-5-2)17(22)21(18)27/h1-2,6-9,23-25H,10-11H2,3H3. The van der Waals surface area contributed by atoms with Gasteiger partial charge < -0.3 is 15.6 Å². The number of hydrogen-bond donors (Lipinski definition) is 3. The Morgan fingerprint density at radius 3 is 2.33 bits per heavy atom. The Morgan fingerprint density at radius 1 is 1.04 bits per heavy atom. The third-order valence-corrected chi connectivity index (χ3v) is 4.23. The summed E-state index contributed by atoms with van der Waals surface area (Å²) in [6.45, 7) is 1.66. The molecule has 1 aliphatic carbocycles. The van der Waals surface area contributed by atoms with Gasteiger partial charge in [-0.1, -0.05) is 30.0 Å². The predicted molar refractivity (Wildman–Crippen MR) is 102 cm³/mol. The van der Waals surface area contributed by atoms with E-state index in [0.29, 0.717) is 11.3 Å². The Balaban J connectivity index is 2.27. The van der Waals surface area contributed by atoms with Crippen LogP contribution >= 0.6 is 0 Å². The zero-order chi connectivity index (χ0) is 19.6. The lowest BCUT2D eigenvalue weighted by Gasteiger charge is -2.21. The number of carbonyl (C=O) groups is 2. The summed E-state index contributed by atoms with van der Waals surface area (Å²) >= 11 is 0. The van der Waals surface area contributed by atoms with Crippen molar-refractivity contribution in [3.63, 3.8) is 0 Å². The maximum absolute atomic E-state index is 14.6. The van der Waals surface area contributed by atoms with Crippen LogP contribution in [0.5, 0.6) is 0 Å². The van der Waals surface area contributed by atoms with E-state index < -0.39 is 23.1 Å². The number of aryl methyl sites for hydroxylation is 1. The van der Waals surface area contributed by atoms with Crippen LogP contribution in [0.25, 0.3) is 16.5 Å². The summed E-state index contributed by atoms with van der Waals surface area (Å²) in [7, 11) is 0. The fourth-order valence-electron chi connectivity index (χ4n) is 3.12. The Morgan fingerprint density at radius 2 is 1.67 bits per heavy atom. The molecule has 0 atom stereocenters. The molecule has 1 aliphatic rings. The van der Waals surface area contributed by atoms with Gasteiger partial charge in [0.25, 0.3) is 0 Å². The van der Waals surface area contributed by atoms with E-state index in [1.165, 1.54) is 0 Å². The van der Waals surface area contributed by atoms with Crippen LogP contribution in [0.15, 0.2) is 41.5 Å². The summed E-state index contributed by atoms with van der Waals surface area (Å²) in [5.74, 6) is 1.82. The van der Waals surface area contributed by atoms with Crippen molar-refractivity contribution in [3.05, 3.63) is 52.7 Å². The second kappa shape index (κ2) is 7.23. The lowest BCUT2D eigenvalue weighted by molar-refractivity contribution is -0.116. The Hall–Kier alpha value is -3.77. The van der Waals surface area contributed by atoms with Crippen molar-refractivity contribution >= 4 is 28.0 Å². The second-order valence-electron chi connectivity index (χ2n) is 5.88. The average molecular weight is 361 g/mol. The molecule has 3 N–H and O–H groups in total. The highest BCUT2D eigenvalue weighted by Crippen LogP contribution is 2.35. The molecule has 2 aromatic rings. The normalized spacial score (nSPS) is 14.4. The van der Waals surface area contributed by atoms with E-state index in [2.05, 4.69) is 27.5 Å². The molecule has 0 spiro atoms. The minimum atomic E-state index is -1.18.